The van der Waals surface area contributed by atoms with Gasteiger partial charge in [0, 0.05) is 0 Å². The zero-order valence-corrected chi connectivity index (χ0v) is 7.77. The molecule has 0 aromatic heterocycles. The first-order valence-electron chi connectivity index (χ1n) is 3.57. The topological polar surface area (TPSA) is 9.23 Å². The molecule has 0 atom stereocenters. The van der Waals surface area contributed by atoms with Gasteiger partial charge < -0.3 is 4.74 Å². The fraction of sp³-hybridized carbons (Fsp3) is 0.833. The monoisotopic (exact) mass is 299 g/mol. The molecule has 12 heteroatoms. The van der Waals surface area contributed by atoms with Crippen molar-refractivity contribution >= 4 is 0 Å². The molecule has 18 heavy (non-hydrogen) atoms. The van der Waals surface area contributed by atoms with Gasteiger partial charge in [-0.05, 0) is 0 Å². The number of ether oxygens (including phenoxy) is 1. The molecule has 0 unspecified atom stereocenters. The SMILES string of the molecule is [CH2]OC(F)(F)C(F)(F)C(F)(F)C(F)(F)C(F)(F)F. The van der Waals surface area contributed by atoms with E-state index in [0.717, 1.165) is 0 Å². The standard InChI is InChI=1S/C6H2F11O/c1-18-6(16,17)4(11,12)2(7,8)3(9,10)5(13,14)15/h1H2. The molecule has 0 aliphatic rings. The average Bonchev–Trinajstić information content (AvgIpc) is 2.15. The summed E-state index contributed by atoms with van der Waals surface area (Å²) < 4.78 is 135. The second-order valence-corrected chi connectivity index (χ2v) is 2.88. The molecule has 0 aliphatic heterocycles. The summed E-state index contributed by atoms with van der Waals surface area (Å²) in [6.45, 7) is 0. The van der Waals surface area contributed by atoms with E-state index in [-0.39, 0.29) is 0 Å². The fourth-order valence-corrected chi connectivity index (χ4v) is 0.649. The highest BCUT2D eigenvalue weighted by Crippen LogP contribution is 2.57. The van der Waals surface area contributed by atoms with Crippen LogP contribution in [0.25, 0.3) is 0 Å². The fourth-order valence-electron chi connectivity index (χ4n) is 0.649. The Bertz CT molecular complexity index is 303. The number of alkyl halides is 11. The molecule has 0 amide bonds. The van der Waals surface area contributed by atoms with E-state index >= 15 is 0 Å². The zero-order valence-electron chi connectivity index (χ0n) is 7.77. The third kappa shape index (κ3) is 2.10. The van der Waals surface area contributed by atoms with E-state index in [4.69, 9.17) is 0 Å². The Morgan fingerprint density at radius 1 is 0.556 bits per heavy atom. The Morgan fingerprint density at radius 3 is 1.11 bits per heavy atom. The van der Waals surface area contributed by atoms with Gasteiger partial charge in [-0.15, -0.1) is 0 Å². The van der Waals surface area contributed by atoms with E-state index in [1.54, 1.807) is 7.11 Å². The summed E-state index contributed by atoms with van der Waals surface area (Å²) >= 11 is 0. The summed E-state index contributed by atoms with van der Waals surface area (Å²) in [5.41, 5.74) is 0. The van der Waals surface area contributed by atoms with E-state index in [0.29, 0.717) is 0 Å². The van der Waals surface area contributed by atoms with E-state index in [1.807, 2.05) is 0 Å². The van der Waals surface area contributed by atoms with Crippen LogP contribution in [0.1, 0.15) is 0 Å². The molecule has 0 rings (SSSR count). The van der Waals surface area contributed by atoms with Crippen LogP contribution in [0.15, 0.2) is 0 Å². The van der Waals surface area contributed by atoms with Crippen LogP contribution in [0.5, 0.6) is 0 Å². The van der Waals surface area contributed by atoms with Crippen molar-refractivity contribution in [3.63, 3.8) is 0 Å². The second kappa shape index (κ2) is 4.10. The molecule has 0 N–H and O–H groups in total. The lowest BCUT2D eigenvalue weighted by molar-refractivity contribution is -0.451. The molecule has 0 fully saturated rings. The predicted molar refractivity (Wildman–Crippen MR) is 32.3 cm³/mol. The minimum Gasteiger partial charge on any atom is -0.313 e. The van der Waals surface area contributed by atoms with Crippen LogP contribution >= 0.6 is 0 Å². The van der Waals surface area contributed by atoms with Gasteiger partial charge in [0.25, 0.3) is 0 Å². The second-order valence-electron chi connectivity index (χ2n) is 2.88. The van der Waals surface area contributed by atoms with Crippen molar-refractivity contribution in [2.75, 3.05) is 0 Å². The molecule has 0 saturated carbocycles. The lowest BCUT2D eigenvalue weighted by atomic mass is 10.0. The molecule has 0 bridgehead atoms. The molecule has 0 aromatic rings. The van der Waals surface area contributed by atoms with E-state index < -0.39 is 30.1 Å². The molecular weight excluding hydrogens is 297 g/mol. The number of hydrogen-bond donors (Lipinski definition) is 0. The molecule has 0 heterocycles. The van der Waals surface area contributed by atoms with E-state index in [2.05, 4.69) is 4.74 Å². The van der Waals surface area contributed by atoms with Crippen LogP contribution in [0, 0.1) is 7.11 Å². The Kier molecular flexibility index (Phi) is 3.91. The lowest BCUT2D eigenvalue weighted by Crippen LogP contribution is -2.66. The molecular formula is C6H2F11O. The van der Waals surface area contributed by atoms with Crippen LogP contribution in [-0.2, 0) is 4.74 Å². The molecule has 0 spiro atoms. The highest BCUT2D eigenvalue weighted by atomic mass is 19.4. The first kappa shape index (κ1) is 17.2. The highest BCUT2D eigenvalue weighted by Gasteiger charge is 2.87. The van der Waals surface area contributed by atoms with Crippen LogP contribution < -0.4 is 0 Å². The predicted octanol–water partition coefficient (Wildman–Crippen LogP) is 3.86. The summed E-state index contributed by atoms with van der Waals surface area (Å²) in [5, 5.41) is 0. The molecule has 0 aliphatic carbocycles. The first-order valence-corrected chi connectivity index (χ1v) is 3.57. The minimum absolute atomic E-state index is 1.59. The third-order valence-electron chi connectivity index (χ3n) is 1.69. The van der Waals surface area contributed by atoms with Crippen LogP contribution in [0.2, 0.25) is 0 Å². The number of rotatable bonds is 4. The van der Waals surface area contributed by atoms with Crippen molar-refractivity contribution in [1.82, 2.24) is 0 Å². The third-order valence-corrected chi connectivity index (χ3v) is 1.69. The average molecular weight is 299 g/mol. The summed E-state index contributed by atoms with van der Waals surface area (Å²) in [6, 6.07) is 0. The van der Waals surface area contributed by atoms with Crippen molar-refractivity contribution in [2.24, 2.45) is 0 Å². The molecule has 1 radical (unpaired) electrons. The van der Waals surface area contributed by atoms with Gasteiger partial charge in [-0.25, -0.2) is 0 Å². The normalized spacial score (nSPS) is 16.0. The maximum Gasteiger partial charge on any atom is 0.460 e. The summed E-state index contributed by atoms with van der Waals surface area (Å²) in [6.07, 6.45) is -13.5. The van der Waals surface area contributed by atoms with Gasteiger partial charge in [-0.2, -0.15) is 48.3 Å². The molecule has 0 aromatic carbocycles. The lowest BCUT2D eigenvalue weighted by Gasteiger charge is -2.36. The zero-order chi connectivity index (χ0) is 15.2. The number of hydrogen-bond acceptors (Lipinski definition) is 1. The molecule has 1 nitrogen and oxygen atoms in total. The quantitative estimate of drug-likeness (QED) is 0.716. The Morgan fingerprint density at radius 2 is 0.889 bits per heavy atom. The van der Waals surface area contributed by atoms with Gasteiger partial charge in [0.2, 0.25) is 0 Å². The van der Waals surface area contributed by atoms with Gasteiger partial charge in [-0.3, -0.25) is 0 Å². The van der Waals surface area contributed by atoms with Gasteiger partial charge in [-0.1, -0.05) is 0 Å². The maximum atomic E-state index is 12.4. The first-order chi connectivity index (χ1) is 7.56. The van der Waals surface area contributed by atoms with Crippen LogP contribution in [0.4, 0.5) is 48.3 Å². The Balaban J connectivity index is 5.80. The van der Waals surface area contributed by atoms with Crippen molar-refractivity contribution in [3.05, 3.63) is 7.11 Å². The Hall–Kier alpha value is -0.810. The minimum atomic E-state index is -7.44. The van der Waals surface area contributed by atoms with Gasteiger partial charge in [0.1, 0.15) is 0 Å². The molecule has 0 saturated heterocycles. The van der Waals surface area contributed by atoms with Crippen molar-refractivity contribution in [1.29, 1.82) is 0 Å². The summed E-state index contributed by atoms with van der Waals surface area (Å²) in [4.78, 5) is 0. The Labute approximate surface area is 91.5 Å². The largest absolute Gasteiger partial charge is 0.460 e. The van der Waals surface area contributed by atoms with Gasteiger partial charge >= 0.3 is 30.1 Å². The number of halogens is 11. The van der Waals surface area contributed by atoms with Crippen LogP contribution in [-0.4, -0.2) is 30.1 Å². The maximum absolute atomic E-state index is 12.4. The summed E-state index contributed by atoms with van der Waals surface area (Å²) in [5.74, 6) is -22.0. The van der Waals surface area contributed by atoms with Gasteiger partial charge in [0.15, 0.2) is 0 Å². The van der Waals surface area contributed by atoms with Crippen molar-refractivity contribution in [3.8, 4) is 0 Å². The van der Waals surface area contributed by atoms with E-state index in [9.17, 15) is 48.3 Å². The van der Waals surface area contributed by atoms with Crippen molar-refractivity contribution in [2.45, 2.75) is 30.1 Å². The van der Waals surface area contributed by atoms with Gasteiger partial charge in [0.05, 0.1) is 7.11 Å². The molecule has 109 valence electrons. The van der Waals surface area contributed by atoms with E-state index in [1.165, 1.54) is 0 Å². The van der Waals surface area contributed by atoms with Crippen molar-refractivity contribution < 1.29 is 53.0 Å². The highest BCUT2D eigenvalue weighted by molar-refractivity contribution is 5.03. The summed E-state index contributed by atoms with van der Waals surface area (Å²) in [7, 11) is 1.59. The smallest absolute Gasteiger partial charge is 0.313 e. The van der Waals surface area contributed by atoms with Crippen LogP contribution in [0.3, 0.4) is 0 Å².